The summed E-state index contributed by atoms with van der Waals surface area (Å²) in [6.07, 6.45) is 3.15. The fourth-order valence-corrected chi connectivity index (χ4v) is 3.02. The van der Waals surface area contributed by atoms with Crippen LogP contribution in [-0.2, 0) is 24.1 Å². The summed E-state index contributed by atoms with van der Waals surface area (Å²) in [5, 5.41) is 4.83. The molecule has 0 aromatic carbocycles. The van der Waals surface area contributed by atoms with Gasteiger partial charge in [0, 0.05) is 37.1 Å². The van der Waals surface area contributed by atoms with Crippen molar-refractivity contribution in [2.45, 2.75) is 66.0 Å². The van der Waals surface area contributed by atoms with Gasteiger partial charge in [-0.1, -0.05) is 13.8 Å². The highest BCUT2D eigenvalue weighted by Gasteiger charge is 2.15. The van der Waals surface area contributed by atoms with Gasteiger partial charge in [0.25, 0.3) is 0 Å². The van der Waals surface area contributed by atoms with E-state index in [1.165, 1.54) is 15.6 Å². The lowest BCUT2D eigenvalue weighted by Crippen LogP contribution is -2.35. The summed E-state index contributed by atoms with van der Waals surface area (Å²) in [5.41, 5.74) is 1.43. The first kappa shape index (κ1) is 17.6. The second-order valence-corrected chi connectivity index (χ2v) is 7.94. The van der Waals surface area contributed by atoms with Crippen LogP contribution in [0.2, 0.25) is 0 Å². The van der Waals surface area contributed by atoms with Crippen LogP contribution in [0.15, 0.2) is 0 Å². The molecule has 0 aliphatic heterocycles. The van der Waals surface area contributed by atoms with E-state index in [0.717, 1.165) is 32.4 Å². The highest BCUT2D eigenvalue weighted by atomic mass is 32.1. The van der Waals surface area contributed by atoms with Gasteiger partial charge in [0.05, 0.1) is 10.7 Å². The maximum absolute atomic E-state index is 5.12. The molecule has 4 heteroatoms. The average Bonchev–Trinajstić information content (AvgIpc) is 2.67. The molecule has 0 aliphatic carbocycles. The van der Waals surface area contributed by atoms with Gasteiger partial charge in [-0.3, -0.25) is 0 Å². The molecule has 20 heavy (non-hydrogen) atoms. The Labute approximate surface area is 128 Å². The number of hydrogen-bond acceptors (Lipinski definition) is 4. The molecule has 0 radical (unpaired) electrons. The molecule has 1 aromatic heterocycles. The van der Waals surface area contributed by atoms with E-state index in [1.807, 2.05) is 11.3 Å². The Morgan fingerprint density at radius 2 is 2.00 bits per heavy atom. The molecule has 0 atom stereocenters. The van der Waals surface area contributed by atoms with E-state index in [9.17, 15) is 0 Å². The van der Waals surface area contributed by atoms with Gasteiger partial charge in [-0.25, -0.2) is 4.98 Å². The van der Waals surface area contributed by atoms with Gasteiger partial charge in [-0.15, -0.1) is 11.3 Å². The maximum atomic E-state index is 5.12. The predicted molar refractivity (Wildman–Crippen MR) is 87.4 cm³/mol. The van der Waals surface area contributed by atoms with Gasteiger partial charge in [-0.2, -0.15) is 0 Å². The number of nitrogens with one attached hydrogen (secondary N) is 1. The number of aromatic nitrogens is 1. The first-order chi connectivity index (χ1) is 9.31. The van der Waals surface area contributed by atoms with Crippen molar-refractivity contribution < 1.29 is 4.74 Å². The minimum absolute atomic E-state index is 0.148. The van der Waals surface area contributed by atoms with Crippen molar-refractivity contribution >= 4 is 11.3 Å². The Hall–Kier alpha value is -0.450. The second kappa shape index (κ2) is 8.11. The molecule has 0 unspecified atom stereocenters. The van der Waals surface area contributed by atoms with Crippen LogP contribution in [0, 0.1) is 5.92 Å². The van der Waals surface area contributed by atoms with Gasteiger partial charge in [0.1, 0.15) is 0 Å². The van der Waals surface area contributed by atoms with Gasteiger partial charge < -0.3 is 10.1 Å². The van der Waals surface area contributed by atoms with Crippen molar-refractivity contribution in [2.75, 3.05) is 13.7 Å². The summed E-state index contributed by atoms with van der Waals surface area (Å²) in [5.74, 6) is 0.650. The highest BCUT2D eigenvalue weighted by Crippen LogP contribution is 2.23. The molecule has 1 heterocycles. The molecule has 0 saturated heterocycles. The molecule has 0 spiro atoms. The topological polar surface area (TPSA) is 34.1 Å². The minimum atomic E-state index is 0.148. The third-order valence-corrected chi connectivity index (χ3v) is 4.10. The first-order valence-corrected chi connectivity index (χ1v) is 8.35. The van der Waals surface area contributed by atoms with Gasteiger partial charge >= 0.3 is 0 Å². The SMILES string of the molecule is COCCCc1nc(CC(C)C)c(CNC(C)(C)C)s1. The molecule has 0 saturated carbocycles. The predicted octanol–water partition coefficient (Wildman–Crippen LogP) is 3.81. The van der Waals surface area contributed by atoms with E-state index in [2.05, 4.69) is 39.9 Å². The summed E-state index contributed by atoms with van der Waals surface area (Å²) in [4.78, 5) is 6.25. The smallest absolute Gasteiger partial charge is 0.0932 e. The van der Waals surface area contributed by atoms with Crippen molar-refractivity contribution in [1.29, 1.82) is 0 Å². The van der Waals surface area contributed by atoms with E-state index in [4.69, 9.17) is 9.72 Å². The third-order valence-electron chi connectivity index (χ3n) is 2.94. The summed E-state index contributed by atoms with van der Waals surface area (Å²) >= 11 is 1.86. The van der Waals surface area contributed by atoms with Crippen LogP contribution in [0.4, 0.5) is 0 Å². The molecule has 0 bridgehead atoms. The van der Waals surface area contributed by atoms with E-state index >= 15 is 0 Å². The number of aryl methyl sites for hydroxylation is 1. The maximum Gasteiger partial charge on any atom is 0.0932 e. The molecule has 1 aromatic rings. The number of ether oxygens (including phenoxy) is 1. The molecule has 0 aliphatic rings. The Morgan fingerprint density at radius 1 is 1.30 bits per heavy atom. The Kier molecular flexibility index (Phi) is 7.13. The monoisotopic (exact) mass is 298 g/mol. The van der Waals surface area contributed by atoms with Crippen LogP contribution in [0.5, 0.6) is 0 Å². The molecule has 1 N–H and O–H groups in total. The van der Waals surface area contributed by atoms with E-state index < -0.39 is 0 Å². The van der Waals surface area contributed by atoms with E-state index in [0.29, 0.717) is 5.92 Å². The molecule has 0 amide bonds. The van der Waals surface area contributed by atoms with Gasteiger partial charge in [0.2, 0.25) is 0 Å². The van der Waals surface area contributed by atoms with Gasteiger partial charge in [-0.05, 0) is 39.5 Å². The fourth-order valence-electron chi connectivity index (χ4n) is 1.94. The first-order valence-electron chi connectivity index (χ1n) is 7.53. The van der Waals surface area contributed by atoms with Crippen LogP contribution in [0.3, 0.4) is 0 Å². The van der Waals surface area contributed by atoms with Crippen molar-refractivity contribution in [3.8, 4) is 0 Å². The Morgan fingerprint density at radius 3 is 2.55 bits per heavy atom. The number of hydrogen-bond donors (Lipinski definition) is 1. The number of thiazole rings is 1. The molecule has 0 fully saturated rings. The lowest BCUT2D eigenvalue weighted by Gasteiger charge is -2.20. The third kappa shape index (κ3) is 6.82. The van der Waals surface area contributed by atoms with Crippen LogP contribution in [0.1, 0.15) is 56.6 Å². The largest absolute Gasteiger partial charge is 0.385 e. The number of rotatable bonds is 8. The molecule has 116 valence electrons. The number of methoxy groups -OCH3 is 1. The normalized spacial score (nSPS) is 12.3. The summed E-state index contributed by atoms with van der Waals surface area (Å²) < 4.78 is 5.12. The molecule has 3 nitrogen and oxygen atoms in total. The highest BCUT2D eigenvalue weighted by molar-refractivity contribution is 7.11. The van der Waals surface area contributed by atoms with Gasteiger partial charge in [0.15, 0.2) is 0 Å². The average molecular weight is 298 g/mol. The summed E-state index contributed by atoms with van der Waals surface area (Å²) in [6.45, 7) is 12.9. The molecular formula is C16H30N2OS. The zero-order valence-electron chi connectivity index (χ0n) is 13.9. The van der Waals surface area contributed by atoms with Crippen molar-refractivity contribution in [3.63, 3.8) is 0 Å². The standard InChI is InChI=1S/C16H30N2OS/c1-12(2)10-13-14(11-17-16(3,4)5)20-15(18-13)8-7-9-19-6/h12,17H,7-11H2,1-6H3. The van der Waals surface area contributed by atoms with Crippen LogP contribution in [-0.4, -0.2) is 24.2 Å². The zero-order chi connectivity index (χ0) is 15.2. The Bertz CT molecular complexity index is 394. The van der Waals surface area contributed by atoms with Crippen molar-refractivity contribution in [3.05, 3.63) is 15.6 Å². The fraction of sp³-hybridized carbons (Fsp3) is 0.812. The summed E-state index contributed by atoms with van der Waals surface area (Å²) in [7, 11) is 1.75. The Balaban J connectivity index is 2.72. The van der Waals surface area contributed by atoms with Crippen LogP contribution >= 0.6 is 11.3 Å². The van der Waals surface area contributed by atoms with Crippen LogP contribution < -0.4 is 5.32 Å². The lowest BCUT2D eigenvalue weighted by atomic mass is 10.1. The number of nitrogens with zero attached hydrogens (tertiary/aromatic N) is 1. The quantitative estimate of drug-likeness (QED) is 0.741. The zero-order valence-corrected chi connectivity index (χ0v) is 14.7. The van der Waals surface area contributed by atoms with E-state index in [1.54, 1.807) is 7.11 Å². The van der Waals surface area contributed by atoms with Crippen molar-refractivity contribution in [1.82, 2.24) is 10.3 Å². The minimum Gasteiger partial charge on any atom is -0.385 e. The second-order valence-electron chi connectivity index (χ2n) is 6.78. The molecular weight excluding hydrogens is 268 g/mol. The lowest BCUT2D eigenvalue weighted by molar-refractivity contribution is 0.195. The van der Waals surface area contributed by atoms with Crippen molar-refractivity contribution in [2.24, 2.45) is 5.92 Å². The van der Waals surface area contributed by atoms with Crippen LogP contribution in [0.25, 0.3) is 0 Å². The molecule has 1 rings (SSSR count). The van der Waals surface area contributed by atoms with E-state index in [-0.39, 0.29) is 5.54 Å². The summed E-state index contributed by atoms with van der Waals surface area (Å²) in [6, 6.07) is 0.